The molecule has 1 aliphatic rings. The average Bonchev–Trinajstić information content (AvgIpc) is 3.09. The van der Waals surface area contributed by atoms with Crippen molar-refractivity contribution in [1.29, 1.82) is 0 Å². The Morgan fingerprint density at radius 2 is 0.886 bits per heavy atom. The number of pyridine rings is 3. The molecule has 1 aliphatic heterocycles. The molecule has 0 aliphatic carbocycles. The SMILES string of the molecule is CCCCC[C@H]1CN(Cc2cc(C#Cc3ccc(OCC(=O)OC)cc3)cc(P(C)(C)=O)n2)CCN(Cc2cc(C#Cc3ccc(OCC(=O)OC)cc3)cc(P(C)(C)=O)n2)CCN1Cc1cc(C#Cc2ccc(OCC)cc2)cc(P(C)(=O)OCC)n1. The first kappa shape index (κ1) is 68.2. The Balaban J connectivity index is 1.28. The topological polar surface area (TPSA) is 189 Å². The van der Waals surface area contributed by atoms with Crippen LogP contribution in [0.3, 0.4) is 0 Å². The van der Waals surface area contributed by atoms with Crippen molar-refractivity contribution >= 4 is 49.9 Å². The fraction of sp³-hybridized carbons (Fsp3) is 0.397. The van der Waals surface area contributed by atoms with Gasteiger partial charge in [0.05, 0.1) is 44.5 Å². The number of aromatic nitrogens is 3. The molecule has 0 radical (unpaired) electrons. The zero-order chi connectivity index (χ0) is 63.3. The molecule has 1 fully saturated rings. The Morgan fingerprint density at radius 3 is 1.32 bits per heavy atom. The van der Waals surface area contributed by atoms with E-state index < -0.39 is 33.6 Å². The number of esters is 2. The van der Waals surface area contributed by atoms with Gasteiger partial charge in [-0.1, -0.05) is 61.7 Å². The van der Waals surface area contributed by atoms with Crippen molar-refractivity contribution < 1.29 is 51.5 Å². The molecule has 0 amide bonds. The van der Waals surface area contributed by atoms with Crippen LogP contribution in [0.5, 0.6) is 17.2 Å². The smallest absolute Gasteiger partial charge is 0.343 e. The highest BCUT2D eigenvalue weighted by molar-refractivity contribution is 7.70. The highest BCUT2D eigenvalue weighted by Gasteiger charge is 2.29. The molecule has 7 rings (SSSR count). The van der Waals surface area contributed by atoms with Crippen LogP contribution in [0.2, 0.25) is 0 Å². The number of hydrogen-bond donors (Lipinski definition) is 0. The van der Waals surface area contributed by atoms with E-state index >= 15 is 0 Å². The predicted molar refractivity (Wildman–Crippen MR) is 348 cm³/mol. The maximum atomic E-state index is 14.3. The number of methoxy groups -OCH3 is 2. The third-order valence-electron chi connectivity index (χ3n) is 14.3. The van der Waals surface area contributed by atoms with Crippen molar-refractivity contribution in [3.63, 3.8) is 0 Å². The minimum atomic E-state index is -3.36. The quantitative estimate of drug-likeness (QED) is 0.0255. The highest BCUT2D eigenvalue weighted by Crippen LogP contribution is 2.41. The normalized spacial score (nSPS) is 14.8. The summed E-state index contributed by atoms with van der Waals surface area (Å²) in [6.45, 7) is 19.2. The summed E-state index contributed by atoms with van der Waals surface area (Å²) in [5, 5.41) is 0. The largest absolute Gasteiger partial charge is 0.494 e. The van der Waals surface area contributed by atoms with Gasteiger partial charge in [0.25, 0.3) is 0 Å². The number of hydrogen-bond acceptors (Lipinski definition) is 17. The third-order valence-corrected chi connectivity index (χ3v) is 18.8. The lowest BCUT2D eigenvalue weighted by Gasteiger charge is -2.35. The standard InChI is InChI=1S/C68H81N6O11P3/c1-11-14-15-16-60-48-73(46-58-40-55(43-65(70-58)87(8,9)78)21-18-53-27-33-63(34-28-53)84-50-68(76)81-5)36-35-72(45-57-39-54(42-64(69-57)86(6,7)77)20-17-52-25-31-62(32-26-52)83-49-67(75)80-4)37-38-74(60)47-59-41-56(44-66(71-59)88(10,79)85-13-3)22-19-51-23-29-61(30-24-51)82-12-2/h23-34,39-44,60H,11-16,35-38,45-50H2,1-10H3/t60-,88?/m0/s1. The molecule has 6 aromatic rings. The fourth-order valence-electron chi connectivity index (χ4n) is 9.59. The van der Waals surface area contributed by atoms with Crippen LogP contribution in [0.4, 0.5) is 0 Å². The van der Waals surface area contributed by atoms with E-state index in [1.807, 2.05) is 86.6 Å². The van der Waals surface area contributed by atoms with E-state index in [-0.39, 0.29) is 25.9 Å². The van der Waals surface area contributed by atoms with Crippen molar-refractivity contribution in [1.82, 2.24) is 29.7 Å². The lowest BCUT2D eigenvalue weighted by Crippen LogP contribution is -2.44. The van der Waals surface area contributed by atoms with Gasteiger partial charge in [-0.15, -0.1) is 0 Å². The third kappa shape index (κ3) is 21.8. The first-order valence-electron chi connectivity index (χ1n) is 29.6. The van der Waals surface area contributed by atoms with E-state index in [1.165, 1.54) is 14.2 Å². The first-order chi connectivity index (χ1) is 42.1. The summed E-state index contributed by atoms with van der Waals surface area (Å²) in [6, 6.07) is 33.2. The van der Waals surface area contributed by atoms with Gasteiger partial charge in [-0.3, -0.25) is 19.3 Å². The second-order valence-electron chi connectivity index (χ2n) is 22.2. The summed E-state index contributed by atoms with van der Waals surface area (Å²) in [6.07, 6.45) is 3.95. The molecule has 0 N–H and O–H groups in total. The molecule has 1 unspecified atom stereocenters. The summed E-state index contributed by atoms with van der Waals surface area (Å²) in [5.41, 5.74) is 7.71. The Labute approximate surface area is 519 Å². The molecule has 1 saturated heterocycles. The number of benzene rings is 3. The van der Waals surface area contributed by atoms with Crippen LogP contribution < -0.4 is 30.5 Å². The number of ether oxygens (including phenoxy) is 5. The van der Waals surface area contributed by atoms with E-state index in [0.29, 0.717) is 109 Å². The molecule has 88 heavy (non-hydrogen) atoms. The van der Waals surface area contributed by atoms with Gasteiger partial charge in [0.2, 0.25) is 7.37 Å². The Morgan fingerprint density at radius 1 is 0.489 bits per heavy atom. The first-order valence-corrected chi connectivity index (χ1v) is 36.8. The highest BCUT2D eigenvalue weighted by atomic mass is 31.2. The van der Waals surface area contributed by atoms with E-state index in [0.717, 1.165) is 59.5 Å². The van der Waals surface area contributed by atoms with Crippen molar-refractivity contribution in [2.75, 3.05) is 107 Å². The average molecular weight is 1250 g/mol. The second-order valence-corrected chi connectivity index (χ2v) is 30.9. The molecule has 0 saturated carbocycles. The number of nitrogens with zero attached hydrogens (tertiary/aromatic N) is 6. The second kappa shape index (κ2) is 32.8. The van der Waals surface area contributed by atoms with Gasteiger partial charge < -0.3 is 37.3 Å². The molecular formula is C68H81N6O11P3. The molecule has 2 atom stereocenters. The summed E-state index contributed by atoms with van der Waals surface area (Å²) in [4.78, 5) is 45.8. The Bertz CT molecular complexity index is 3700. The van der Waals surface area contributed by atoms with E-state index in [1.54, 1.807) is 69.7 Å². The van der Waals surface area contributed by atoms with Crippen LogP contribution in [0.15, 0.2) is 109 Å². The Hall–Kier alpha value is -7.34. The van der Waals surface area contributed by atoms with Crippen molar-refractivity contribution in [3.05, 3.63) is 160 Å². The van der Waals surface area contributed by atoms with Crippen molar-refractivity contribution in [3.8, 4) is 52.8 Å². The monoisotopic (exact) mass is 1250 g/mol. The van der Waals surface area contributed by atoms with Gasteiger partial charge in [-0.2, -0.15) is 0 Å². The zero-order valence-electron chi connectivity index (χ0n) is 52.3. The van der Waals surface area contributed by atoms with Crippen molar-refractivity contribution in [2.45, 2.75) is 72.1 Å². The van der Waals surface area contributed by atoms with Crippen LogP contribution in [0, 0.1) is 35.5 Å². The maximum absolute atomic E-state index is 14.3. The molecule has 17 nitrogen and oxygen atoms in total. The van der Waals surface area contributed by atoms with Crippen LogP contribution in [-0.2, 0) is 56.9 Å². The molecule has 20 heteroatoms. The number of rotatable bonds is 23. The minimum absolute atomic E-state index is 0.0176. The summed E-state index contributed by atoms with van der Waals surface area (Å²) in [5.74, 6) is 20.5. The van der Waals surface area contributed by atoms with Crippen LogP contribution >= 0.6 is 21.7 Å². The summed E-state index contributed by atoms with van der Waals surface area (Å²) in [7, 11) is -6.49. The lowest BCUT2D eigenvalue weighted by molar-refractivity contribution is -0.143. The van der Waals surface area contributed by atoms with Gasteiger partial charge in [0.1, 0.15) is 47.8 Å². The molecule has 464 valence electrons. The molecule has 4 heterocycles. The van der Waals surface area contributed by atoms with Crippen LogP contribution in [0.25, 0.3) is 0 Å². The van der Waals surface area contributed by atoms with Gasteiger partial charge in [-0.05, 0) is 156 Å². The molecule has 0 bridgehead atoms. The fourth-order valence-corrected chi connectivity index (χ4v) is 12.5. The number of unbranched alkanes of at least 4 members (excludes halogenated alkanes) is 2. The molecule has 0 spiro atoms. The summed E-state index contributed by atoms with van der Waals surface area (Å²) < 4.78 is 74.2. The molecule has 3 aromatic carbocycles. The summed E-state index contributed by atoms with van der Waals surface area (Å²) >= 11 is 0. The van der Waals surface area contributed by atoms with E-state index in [9.17, 15) is 23.3 Å². The van der Waals surface area contributed by atoms with E-state index in [2.05, 4.69) is 57.1 Å². The zero-order valence-corrected chi connectivity index (χ0v) is 55.0. The van der Waals surface area contributed by atoms with Crippen molar-refractivity contribution in [2.24, 2.45) is 0 Å². The maximum Gasteiger partial charge on any atom is 0.343 e. The van der Waals surface area contributed by atoms with Gasteiger partial charge in [0, 0.05) is 98.4 Å². The molecule has 3 aromatic heterocycles. The minimum Gasteiger partial charge on any atom is -0.494 e. The number of carbonyl (C=O) groups excluding carboxylic acids is 2. The van der Waals surface area contributed by atoms with Crippen LogP contribution in [0.1, 0.15) is 96.9 Å². The van der Waals surface area contributed by atoms with Crippen LogP contribution in [-0.4, -0.2) is 154 Å². The van der Waals surface area contributed by atoms with Gasteiger partial charge in [0.15, 0.2) is 13.2 Å². The van der Waals surface area contributed by atoms with Gasteiger partial charge >= 0.3 is 11.9 Å². The van der Waals surface area contributed by atoms with E-state index in [4.69, 9.17) is 43.2 Å². The molecular weight excluding hydrogens is 1170 g/mol. The van der Waals surface area contributed by atoms with Gasteiger partial charge in [-0.25, -0.2) is 24.5 Å². The number of carbonyl (C=O) groups is 2. The predicted octanol–water partition coefficient (Wildman–Crippen LogP) is 9.41. The lowest BCUT2D eigenvalue weighted by atomic mass is 10.0. The Kier molecular flexibility index (Phi) is 25.4.